The largest absolute Gasteiger partial charge is 0.406 e. The van der Waals surface area contributed by atoms with Gasteiger partial charge in [0.1, 0.15) is 18.1 Å². The molecule has 1 rings (SSSR count). The molecule has 0 radical (unpaired) electrons. The quantitative estimate of drug-likeness (QED) is 0.794. The predicted octanol–water partition coefficient (Wildman–Crippen LogP) is 1.30. The number of aliphatic hydroxyl groups excluding tert-OH is 1. The molecule has 6 nitrogen and oxygen atoms in total. The molecule has 9 heteroatoms. The Morgan fingerprint density at radius 3 is 2.71 bits per heavy atom. The van der Waals surface area contributed by atoms with Crippen molar-refractivity contribution in [3.05, 3.63) is 18.1 Å². The number of nitrogens with zero attached hydrogens (tertiary/aromatic N) is 3. The normalized spacial score (nSPS) is 11.3. The summed E-state index contributed by atoms with van der Waals surface area (Å²) in [7, 11) is 0. The highest BCUT2D eigenvalue weighted by Gasteiger charge is 2.33. The van der Waals surface area contributed by atoms with Gasteiger partial charge in [0.15, 0.2) is 0 Å². The number of nitrogens with one attached hydrogen (secondary N) is 1. The van der Waals surface area contributed by atoms with Crippen molar-refractivity contribution in [1.29, 1.82) is 0 Å². The third-order valence-corrected chi connectivity index (χ3v) is 2.44. The molecule has 21 heavy (non-hydrogen) atoms. The molecule has 118 valence electrons. The first-order chi connectivity index (χ1) is 9.87. The van der Waals surface area contributed by atoms with Crippen molar-refractivity contribution in [2.75, 3.05) is 31.6 Å². The number of halogens is 3. The Morgan fingerprint density at radius 1 is 1.43 bits per heavy atom. The van der Waals surface area contributed by atoms with Crippen LogP contribution >= 0.6 is 0 Å². The topological polar surface area (TPSA) is 78.4 Å². The molecule has 1 aromatic heterocycles. The minimum Gasteiger partial charge on any atom is -0.395 e. The van der Waals surface area contributed by atoms with Gasteiger partial charge in [0.25, 0.3) is 5.91 Å². The number of aliphatic hydroxyl groups is 1. The van der Waals surface area contributed by atoms with E-state index in [0.29, 0.717) is 17.3 Å². The molecule has 0 unspecified atom stereocenters. The summed E-state index contributed by atoms with van der Waals surface area (Å²) in [4.78, 5) is 20.2. The number of aromatic nitrogens is 2. The van der Waals surface area contributed by atoms with Gasteiger partial charge in [-0.1, -0.05) is 6.92 Å². The van der Waals surface area contributed by atoms with Gasteiger partial charge < -0.3 is 15.3 Å². The van der Waals surface area contributed by atoms with Crippen molar-refractivity contribution in [2.24, 2.45) is 0 Å². The summed E-state index contributed by atoms with van der Waals surface area (Å²) in [5, 5.41) is 11.7. The fourth-order valence-electron chi connectivity index (χ4n) is 1.56. The molecule has 0 aliphatic heterocycles. The van der Waals surface area contributed by atoms with Crippen LogP contribution in [0.1, 0.15) is 23.8 Å². The lowest BCUT2D eigenvalue weighted by molar-refractivity contribution is -0.141. The molecule has 1 amide bonds. The average Bonchev–Trinajstić information content (AvgIpc) is 2.43. The molecule has 0 saturated carbocycles. The number of carbonyl (C=O) groups is 1. The summed E-state index contributed by atoms with van der Waals surface area (Å²) in [5.74, 6) is -0.604. The fourth-order valence-corrected chi connectivity index (χ4v) is 1.56. The van der Waals surface area contributed by atoms with E-state index < -0.39 is 31.8 Å². The van der Waals surface area contributed by atoms with Crippen molar-refractivity contribution >= 4 is 11.7 Å². The van der Waals surface area contributed by atoms with Crippen molar-refractivity contribution in [3.63, 3.8) is 0 Å². The average molecular weight is 306 g/mol. The lowest BCUT2D eigenvalue weighted by Crippen LogP contribution is -2.41. The molecule has 2 N–H and O–H groups in total. The van der Waals surface area contributed by atoms with Gasteiger partial charge in [-0.2, -0.15) is 13.2 Å². The van der Waals surface area contributed by atoms with E-state index >= 15 is 0 Å². The monoisotopic (exact) mass is 306 g/mol. The van der Waals surface area contributed by atoms with Crippen molar-refractivity contribution in [2.45, 2.75) is 19.5 Å². The van der Waals surface area contributed by atoms with Crippen LogP contribution in [0.15, 0.2) is 12.4 Å². The summed E-state index contributed by atoms with van der Waals surface area (Å²) >= 11 is 0. The maximum atomic E-state index is 12.4. The van der Waals surface area contributed by atoms with E-state index in [4.69, 9.17) is 5.11 Å². The Balaban J connectivity index is 2.87. The third kappa shape index (κ3) is 5.94. The Labute approximate surface area is 120 Å². The summed E-state index contributed by atoms with van der Waals surface area (Å²) < 4.78 is 37.3. The van der Waals surface area contributed by atoms with Crippen LogP contribution in [0.3, 0.4) is 0 Å². The second-order valence-corrected chi connectivity index (χ2v) is 4.28. The number of anilines is 1. The number of hydrogen-bond donors (Lipinski definition) is 2. The molecule has 0 aliphatic carbocycles. The Morgan fingerprint density at radius 2 is 2.14 bits per heavy atom. The van der Waals surface area contributed by atoms with Gasteiger partial charge >= 0.3 is 6.18 Å². The maximum absolute atomic E-state index is 12.4. The van der Waals surface area contributed by atoms with Crippen LogP contribution in [0.25, 0.3) is 0 Å². The van der Waals surface area contributed by atoms with Gasteiger partial charge in [-0.05, 0) is 6.42 Å². The first kappa shape index (κ1) is 17.2. The smallest absolute Gasteiger partial charge is 0.395 e. The number of hydrogen-bond acceptors (Lipinski definition) is 5. The molecule has 0 fully saturated rings. The van der Waals surface area contributed by atoms with E-state index in [1.807, 2.05) is 6.92 Å². The summed E-state index contributed by atoms with van der Waals surface area (Å²) in [6.45, 7) is 0.104. The third-order valence-electron chi connectivity index (χ3n) is 2.44. The lowest BCUT2D eigenvalue weighted by atomic mass is 10.3. The van der Waals surface area contributed by atoms with E-state index in [2.05, 4.69) is 15.3 Å². The van der Waals surface area contributed by atoms with E-state index in [1.165, 1.54) is 6.20 Å². The number of amides is 1. The summed E-state index contributed by atoms with van der Waals surface area (Å²) in [6, 6.07) is 0. The molecule has 0 atom stereocenters. The zero-order valence-corrected chi connectivity index (χ0v) is 11.5. The molecule has 0 aliphatic rings. The minimum atomic E-state index is -4.55. The molecule has 1 aromatic rings. The zero-order valence-electron chi connectivity index (χ0n) is 11.5. The van der Waals surface area contributed by atoms with Gasteiger partial charge in [0.2, 0.25) is 0 Å². The first-order valence-corrected chi connectivity index (χ1v) is 6.40. The van der Waals surface area contributed by atoms with E-state index in [-0.39, 0.29) is 5.69 Å². The number of alkyl halides is 3. The van der Waals surface area contributed by atoms with Crippen molar-refractivity contribution in [1.82, 2.24) is 14.9 Å². The van der Waals surface area contributed by atoms with E-state index in [1.54, 1.807) is 0 Å². The van der Waals surface area contributed by atoms with Gasteiger partial charge in [-0.15, -0.1) is 0 Å². The van der Waals surface area contributed by atoms with Crippen LogP contribution < -0.4 is 5.32 Å². The predicted molar refractivity (Wildman–Crippen MR) is 69.9 cm³/mol. The molecule has 0 spiro atoms. The zero-order chi connectivity index (χ0) is 15.9. The summed E-state index contributed by atoms with van der Waals surface area (Å²) in [5.41, 5.74) is -0.200. The second-order valence-electron chi connectivity index (χ2n) is 4.28. The Bertz CT molecular complexity index is 468. The summed E-state index contributed by atoms with van der Waals surface area (Å²) in [6.07, 6.45) is -1.24. The SMILES string of the molecule is CCCNc1cncc(C(=O)N(CCO)CC(F)(F)F)n1. The van der Waals surface area contributed by atoms with Crippen LogP contribution in [-0.4, -0.2) is 58.3 Å². The highest BCUT2D eigenvalue weighted by atomic mass is 19.4. The van der Waals surface area contributed by atoms with Crippen LogP contribution in [0, 0.1) is 0 Å². The molecule has 0 bridgehead atoms. The molecule has 0 aromatic carbocycles. The molecular weight excluding hydrogens is 289 g/mol. The maximum Gasteiger partial charge on any atom is 0.406 e. The molecular formula is C12H17F3N4O2. The second kappa shape index (κ2) is 7.77. The molecule has 1 heterocycles. The number of carbonyl (C=O) groups excluding carboxylic acids is 1. The van der Waals surface area contributed by atoms with E-state index in [9.17, 15) is 18.0 Å². The van der Waals surface area contributed by atoms with Gasteiger partial charge in [-0.25, -0.2) is 4.98 Å². The van der Waals surface area contributed by atoms with Gasteiger partial charge in [0, 0.05) is 13.1 Å². The van der Waals surface area contributed by atoms with Gasteiger partial charge in [-0.3, -0.25) is 9.78 Å². The Hall–Kier alpha value is -1.90. The highest BCUT2D eigenvalue weighted by Crippen LogP contribution is 2.17. The Kier molecular flexibility index (Phi) is 6.35. The van der Waals surface area contributed by atoms with Crippen LogP contribution in [0.2, 0.25) is 0 Å². The first-order valence-electron chi connectivity index (χ1n) is 6.40. The van der Waals surface area contributed by atoms with Crippen LogP contribution in [0.4, 0.5) is 19.0 Å². The van der Waals surface area contributed by atoms with E-state index in [0.717, 1.165) is 12.6 Å². The number of rotatable bonds is 7. The van der Waals surface area contributed by atoms with Crippen molar-refractivity contribution in [3.8, 4) is 0 Å². The molecule has 0 saturated heterocycles. The lowest BCUT2D eigenvalue weighted by Gasteiger charge is -2.22. The van der Waals surface area contributed by atoms with Crippen LogP contribution in [-0.2, 0) is 0 Å². The van der Waals surface area contributed by atoms with Crippen LogP contribution in [0.5, 0.6) is 0 Å². The van der Waals surface area contributed by atoms with Crippen molar-refractivity contribution < 1.29 is 23.1 Å². The fraction of sp³-hybridized carbons (Fsp3) is 0.583. The highest BCUT2D eigenvalue weighted by molar-refractivity contribution is 5.92. The minimum absolute atomic E-state index is 0.200. The standard InChI is InChI=1S/C12H17F3N4O2/c1-2-3-17-10-7-16-6-9(18-10)11(21)19(4-5-20)8-12(13,14)15/h6-7,20H,2-5,8H2,1H3,(H,17,18). The van der Waals surface area contributed by atoms with Gasteiger partial charge in [0.05, 0.1) is 19.0 Å².